The van der Waals surface area contributed by atoms with Crippen molar-refractivity contribution in [2.24, 2.45) is 0 Å². The van der Waals surface area contributed by atoms with Gasteiger partial charge in [-0.15, -0.1) is 0 Å². The first-order chi connectivity index (χ1) is 14.1. The number of methoxy groups -OCH3 is 1. The maximum Gasteiger partial charge on any atom is 0.269 e. The standard InChI is InChI=1S/C23H16FN3O2/c1-29-18-8-9-21-19(12-18)22(15-5-4-6-16(24)11-15)20(13-25)23(28)27(21)14-17-7-2-3-10-26-17/h2-12H,14H2,1H3. The summed E-state index contributed by atoms with van der Waals surface area (Å²) < 4.78 is 20.8. The molecule has 0 aliphatic rings. The largest absolute Gasteiger partial charge is 0.497 e. The normalized spacial score (nSPS) is 10.7. The second-order valence-corrected chi connectivity index (χ2v) is 6.47. The highest BCUT2D eigenvalue weighted by Crippen LogP contribution is 2.33. The molecule has 4 aromatic rings. The number of hydrogen-bond donors (Lipinski definition) is 0. The van der Waals surface area contributed by atoms with E-state index >= 15 is 0 Å². The van der Waals surface area contributed by atoms with Gasteiger partial charge in [0.25, 0.3) is 5.56 Å². The zero-order chi connectivity index (χ0) is 20.4. The van der Waals surface area contributed by atoms with Crippen LogP contribution in [0.1, 0.15) is 11.3 Å². The molecule has 2 aromatic heterocycles. The van der Waals surface area contributed by atoms with E-state index < -0.39 is 11.4 Å². The van der Waals surface area contributed by atoms with Gasteiger partial charge < -0.3 is 9.30 Å². The van der Waals surface area contributed by atoms with Crippen LogP contribution in [0.15, 0.2) is 71.7 Å². The minimum atomic E-state index is -0.449. The van der Waals surface area contributed by atoms with Crippen LogP contribution in [-0.2, 0) is 6.54 Å². The summed E-state index contributed by atoms with van der Waals surface area (Å²) in [5.74, 6) is 0.127. The first-order valence-corrected chi connectivity index (χ1v) is 8.93. The summed E-state index contributed by atoms with van der Waals surface area (Å²) in [7, 11) is 1.54. The quantitative estimate of drug-likeness (QED) is 0.530. The van der Waals surface area contributed by atoms with Gasteiger partial charge in [0.15, 0.2) is 0 Å². The Hall–Kier alpha value is -3.98. The topological polar surface area (TPSA) is 67.9 Å². The van der Waals surface area contributed by atoms with Crippen molar-refractivity contribution in [3.63, 3.8) is 0 Å². The lowest BCUT2D eigenvalue weighted by atomic mass is 9.96. The van der Waals surface area contributed by atoms with Crippen LogP contribution in [0.2, 0.25) is 0 Å². The number of hydrogen-bond acceptors (Lipinski definition) is 4. The van der Waals surface area contributed by atoms with E-state index in [9.17, 15) is 14.4 Å². The molecule has 6 heteroatoms. The molecule has 0 aliphatic heterocycles. The Kier molecular flexibility index (Phi) is 4.80. The van der Waals surface area contributed by atoms with Gasteiger partial charge in [0.1, 0.15) is 23.2 Å². The number of fused-ring (bicyclic) bond motifs is 1. The summed E-state index contributed by atoms with van der Waals surface area (Å²) in [4.78, 5) is 17.5. The summed E-state index contributed by atoms with van der Waals surface area (Å²) >= 11 is 0. The van der Waals surface area contributed by atoms with Gasteiger partial charge >= 0.3 is 0 Å². The van der Waals surface area contributed by atoms with Gasteiger partial charge in [-0.05, 0) is 48.0 Å². The number of rotatable bonds is 4. The lowest BCUT2D eigenvalue weighted by molar-refractivity contribution is 0.415. The molecular formula is C23H16FN3O2. The van der Waals surface area contributed by atoms with Crippen LogP contribution in [0.5, 0.6) is 5.75 Å². The van der Waals surface area contributed by atoms with Crippen molar-refractivity contribution in [3.05, 3.63) is 94.3 Å². The van der Waals surface area contributed by atoms with Crippen LogP contribution in [0.3, 0.4) is 0 Å². The molecule has 0 aliphatic carbocycles. The van der Waals surface area contributed by atoms with Gasteiger partial charge in [0, 0.05) is 17.1 Å². The van der Waals surface area contributed by atoms with Gasteiger partial charge in [-0.25, -0.2) is 4.39 Å². The summed E-state index contributed by atoms with van der Waals surface area (Å²) in [6.07, 6.45) is 1.65. The Morgan fingerprint density at radius 2 is 2.00 bits per heavy atom. The third kappa shape index (κ3) is 3.34. The molecule has 2 aromatic carbocycles. The SMILES string of the molecule is COc1ccc2c(c1)c(-c1cccc(F)c1)c(C#N)c(=O)n2Cc1ccccn1. The van der Waals surface area contributed by atoms with E-state index in [1.54, 1.807) is 42.6 Å². The minimum absolute atomic E-state index is 0.0488. The summed E-state index contributed by atoms with van der Waals surface area (Å²) in [6, 6.07) is 18.6. The van der Waals surface area contributed by atoms with Gasteiger partial charge in [0.2, 0.25) is 0 Å². The molecule has 0 spiro atoms. The zero-order valence-electron chi connectivity index (χ0n) is 15.6. The number of benzene rings is 2. The number of halogens is 1. The fourth-order valence-electron chi connectivity index (χ4n) is 3.42. The van der Waals surface area contributed by atoms with E-state index in [0.29, 0.717) is 33.5 Å². The molecule has 0 fully saturated rings. The molecule has 0 saturated heterocycles. The highest BCUT2D eigenvalue weighted by Gasteiger charge is 2.19. The van der Waals surface area contributed by atoms with Crippen molar-refractivity contribution in [2.45, 2.75) is 6.54 Å². The molecule has 0 atom stereocenters. The fourth-order valence-corrected chi connectivity index (χ4v) is 3.42. The van der Waals surface area contributed by atoms with E-state index in [-0.39, 0.29) is 12.1 Å². The highest BCUT2D eigenvalue weighted by atomic mass is 19.1. The number of aromatic nitrogens is 2. The van der Waals surface area contributed by atoms with E-state index in [1.165, 1.54) is 23.8 Å². The van der Waals surface area contributed by atoms with Crippen molar-refractivity contribution in [3.8, 4) is 22.9 Å². The molecule has 142 valence electrons. The molecule has 0 saturated carbocycles. The van der Waals surface area contributed by atoms with Gasteiger partial charge in [0.05, 0.1) is 24.9 Å². The van der Waals surface area contributed by atoms with Crippen LogP contribution in [0, 0.1) is 17.1 Å². The first-order valence-electron chi connectivity index (χ1n) is 8.93. The Morgan fingerprint density at radius 1 is 1.14 bits per heavy atom. The maximum atomic E-state index is 13.9. The Balaban J connectivity index is 2.09. The summed E-state index contributed by atoms with van der Waals surface area (Å²) in [6.45, 7) is 0.209. The van der Waals surface area contributed by atoms with E-state index in [1.807, 2.05) is 18.2 Å². The van der Waals surface area contributed by atoms with Crippen molar-refractivity contribution >= 4 is 10.9 Å². The molecular weight excluding hydrogens is 369 g/mol. The second kappa shape index (κ2) is 7.56. The van der Waals surface area contributed by atoms with Crippen LogP contribution in [0.4, 0.5) is 4.39 Å². The van der Waals surface area contributed by atoms with Crippen LogP contribution in [-0.4, -0.2) is 16.7 Å². The number of nitriles is 1. The lowest BCUT2D eigenvalue weighted by Crippen LogP contribution is -2.25. The van der Waals surface area contributed by atoms with Crippen LogP contribution < -0.4 is 10.3 Å². The summed E-state index contributed by atoms with van der Waals surface area (Å²) in [5, 5.41) is 10.4. The Morgan fingerprint density at radius 3 is 2.69 bits per heavy atom. The molecule has 4 rings (SSSR count). The second-order valence-electron chi connectivity index (χ2n) is 6.47. The molecule has 0 radical (unpaired) electrons. The minimum Gasteiger partial charge on any atom is -0.497 e. The number of nitrogens with zero attached hydrogens (tertiary/aromatic N) is 3. The van der Waals surface area contributed by atoms with Crippen molar-refractivity contribution < 1.29 is 9.13 Å². The monoisotopic (exact) mass is 385 g/mol. The van der Waals surface area contributed by atoms with Crippen molar-refractivity contribution in [2.75, 3.05) is 7.11 Å². The fraction of sp³-hybridized carbons (Fsp3) is 0.0870. The average Bonchev–Trinajstić information content (AvgIpc) is 2.75. The smallest absolute Gasteiger partial charge is 0.269 e. The maximum absolute atomic E-state index is 13.9. The molecule has 29 heavy (non-hydrogen) atoms. The first kappa shape index (κ1) is 18.4. The zero-order valence-corrected chi connectivity index (χ0v) is 15.6. The van der Waals surface area contributed by atoms with Crippen molar-refractivity contribution in [1.82, 2.24) is 9.55 Å². The lowest BCUT2D eigenvalue weighted by Gasteiger charge is -2.16. The number of pyridine rings is 2. The Labute approximate surface area is 166 Å². The average molecular weight is 385 g/mol. The molecule has 5 nitrogen and oxygen atoms in total. The van der Waals surface area contributed by atoms with Crippen molar-refractivity contribution in [1.29, 1.82) is 5.26 Å². The molecule has 0 amide bonds. The number of ether oxygens (including phenoxy) is 1. The van der Waals surface area contributed by atoms with E-state index in [4.69, 9.17) is 4.74 Å². The predicted molar refractivity (Wildman–Crippen MR) is 108 cm³/mol. The van der Waals surface area contributed by atoms with Gasteiger partial charge in [-0.1, -0.05) is 18.2 Å². The van der Waals surface area contributed by atoms with Gasteiger partial charge in [-0.2, -0.15) is 5.26 Å². The highest BCUT2D eigenvalue weighted by molar-refractivity contribution is 5.98. The Bertz CT molecular complexity index is 1310. The summed E-state index contributed by atoms with van der Waals surface area (Å²) in [5.41, 5.74) is 1.65. The van der Waals surface area contributed by atoms with E-state index in [2.05, 4.69) is 4.98 Å². The molecule has 0 N–H and O–H groups in total. The molecule has 0 unspecified atom stereocenters. The van der Waals surface area contributed by atoms with E-state index in [0.717, 1.165) is 0 Å². The van der Waals surface area contributed by atoms with Gasteiger partial charge in [-0.3, -0.25) is 9.78 Å². The molecule has 0 bridgehead atoms. The van der Waals surface area contributed by atoms with Crippen LogP contribution in [0.25, 0.3) is 22.0 Å². The third-order valence-electron chi connectivity index (χ3n) is 4.74. The predicted octanol–water partition coefficient (Wildman–Crippen LogP) is 4.13. The van der Waals surface area contributed by atoms with Crippen LogP contribution >= 0.6 is 0 Å². The third-order valence-corrected chi connectivity index (χ3v) is 4.74. The molecule has 2 heterocycles.